The second-order valence-corrected chi connectivity index (χ2v) is 6.25. The molecule has 1 amide bonds. The van der Waals surface area contributed by atoms with Crippen molar-refractivity contribution in [3.05, 3.63) is 62.5 Å². The third-order valence-corrected chi connectivity index (χ3v) is 4.22. The summed E-state index contributed by atoms with van der Waals surface area (Å²) in [4.78, 5) is 14.1. The first-order valence-electron chi connectivity index (χ1n) is 6.03. The Labute approximate surface area is 135 Å². The molecule has 0 radical (unpaired) electrons. The number of carbonyl (C=O) groups excluding carboxylic acids is 1. The van der Waals surface area contributed by atoms with Gasteiger partial charge in [0.25, 0.3) is 5.91 Å². The highest BCUT2D eigenvalue weighted by Crippen LogP contribution is 2.22. The van der Waals surface area contributed by atoms with Crippen molar-refractivity contribution in [3.63, 3.8) is 0 Å². The quantitative estimate of drug-likeness (QED) is 0.793. The second-order valence-electron chi connectivity index (χ2n) is 4.48. The molecule has 2 aromatic carbocycles. The van der Waals surface area contributed by atoms with E-state index in [-0.39, 0.29) is 5.91 Å². The first kappa shape index (κ1) is 15.1. The molecule has 0 heterocycles. The summed E-state index contributed by atoms with van der Waals surface area (Å²) in [7, 11) is 1.77. The van der Waals surface area contributed by atoms with Crippen molar-refractivity contribution in [2.45, 2.75) is 6.54 Å². The molecule has 5 heteroatoms. The average molecular weight is 398 g/mol. The number of hydrogen-bond donors (Lipinski definition) is 1. The molecule has 0 unspecified atom stereocenters. The van der Waals surface area contributed by atoms with E-state index < -0.39 is 0 Å². The third-order valence-electron chi connectivity index (χ3n) is 2.96. The van der Waals surface area contributed by atoms with Crippen LogP contribution in [0.3, 0.4) is 0 Å². The normalized spacial score (nSPS) is 10.3. The largest absolute Gasteiger partial charge is 0.398 e. The number of halogens is 2. The molecule has 0 atom stereocenters. The van der Waals surface area contributed by atoms with Crippen molar-refractivity contribution in [1.29, 1.82) is 0 Å². The van der Waals surface area contributed by atoms with Crippen LogP contribution in [0, 0.1) is 0 Å². The molecule has 2 rings (SSSR count). The van der Waals surface area contributed by atoms with Gasteiger partial charge in [-0.05, 0) is 29.8 Å². The number of nitrogens with zero attached hydrogens (tertiary/aromatic N) is 1. The SMILES string of the molecule is CN(Cc1ccccc1Br)C(=O)c1ccc(Br)cc1N. The van der Waals surface area contributed by atoms with Gasteiger partial charge in [0.05, 0.1) is 5.56 Å². The van der Waals surface area contributed by atoms with Crippen molar-refractivity contribution < 1.29 is 4.79 Å². The van der Waals surface area contributed by atoms with E-state index in [9.17, 15) is 4.79 Å². The molecule has 0 aliphatic rings. The summed E-state index contributed by atoms with van der Waals surface area (Å²) in [5.41, 5.74) is 7.94. The van der Waals surface area contributed by atoms with Gasteiger partial charge in [0.15, 0.2) is 0 Å². The number of rotatable bonds is 3. The molecule has 0 fully saturated rings. The number of nitrogens with two attached hydrogens (primary N) is 1. The monoisotopic (exact) mass is 396 g/mol. The number of nitrogen functional groups attached to an aromatic ring is 1. The summed E-state index contributed by atoms with van der Waals surface area (Å²) in [6, 6.07) is 13.1. The van der Waals surface area contributed by atoms with Crippen LogP contribution in [0.15, 0.2) is 51.4 Å². The summed E-state index contributed by atoms with van der Waals surface area (Å²) < 4.78 is 1.85. The van der Waals surface area contributed by atoms with E-state index in [1.807, 2.05) is 30.3 Å². The molecule has 0 bridgehead atoms. The summed E-state index contributed by atoms with van der Waals surface area (Å²) in [6.45, 7) is 0.524. The van der Waals surface area contributed by atoms with Crippen LogP contribution in [-0.4, -0.2) is 17.9 Å². The minimum Gasteiger partial charge on any atom is -0.398 e. The lowest BCUT2D eigenvalue weighted by atomic mass is 10.1. The minimum absolute atomic E-state index is 0.0919. The van der Waals surface area contributed by atoms with E-state index in [1.54, 1.807) is 24.1 Å². The lowest BCUT2D eigenvalue weighted by molar-refractivity contribution is 0.0786. The van der Waals surface area contributed by atoms with E-state index in [1.165, 1.54) is 0 Å². The molecule has 0 saturated carbocycles. The van der Waals surface area contributed by atoms with Crippen LogP contribution < -0.4 is 5.73 Å². The van der Waals surface area contributed by atoms with Gasteiger partial charge in [-0.25, -0.2) is 0 Å². The number of hydrogen-bond acceptors (Lipinski definition) is 2. The second kappa shape index (κ2) is 6.41. The maximum absolute atomic E-state index is 12.4. The zero-order valence-corrected chi connectivity index (χ0v) is 14.1. The van der Waals surface area contributed by atoms with Gasteiger partial charge in [-0.3, -0.25) is 4.79 Å². The number of amides is 1. The van der Waals surface area contributed by atoms with E-state index >= 15 is 0 Å². The molecule has 0 aliphatic heterocycles. The molecule has 0 saturated heterocycles. The van der Waals surface area contributed by atoms with E-state index in [4.69, 9.17) is 5.73 Å². The predicted octanol–water partition coefficient (Wildman–Crippen LogP) is 4.07. The fourth-order valence-corrected chi connectivity index (χ4v) is 2.68. The third kappa shape index (κ3) is 3.41. The summed E-state index contributed by atoms with van der Waals surface area (Å²) in [5.74, 6) is -0.0919. The van der Waals surface area contributed by atoms with E-state index in [2.05, 4.69) is 31.9 Å². The highest BCUT2D eigenvalue weighted by atomic mass is 79.9. The van der Waals surface area contributed by atoms with Crippen LogP contribution in [0.2, 0.25) is 0 Å². The highest BCUT2D eigenvalue weighted by molar-refractivity contribution is 9.10. The summed E-state index contributed by atoms with van der Waals surface area (Å²) in [5, 5.41) is 0. The van der Waals surface area contributed by atoms with Crippen LogP contribution in [0.1, 0.15) is 15.9 Å². The maximum atomic E-state index is 12.4. The zero-order valence-electron chi connectivity index (χ0n) is 10.9. The molecule has 20 heavy (non-hydrogen) atoms. The summed E-state index contributed by atoms with van der Waals surface area (Å²) in [6.07, 6.45) is 0. The van der Waals surface area contributed by atoms with Gasteiger partial charge in [-0.1, -0.05) is 50.1 Å². The molecule has 2 N–H and O–H groups in total. The molecule has 0 aromatic heterocycles. The Balaban J connectivity index is 2.19. The van der Waals surface area contributed by atoms with Gasteiger partial charge < -0.3 is 10.6 Å². The van der Waals surface area contributed by atoms with Gasteiger partial charge in [-0.2, -0.15) is 0 Å². The van der Waals surface area contributed by atoms with Gasteiger partial charge in [0.2, 0.25) is 0 Å². The smallest absolute Gasteiger partial charge is 0.255 e. The van der Waals surface area contributed by atoms with Crippen LogP contribution in [0.25, 0.3) is 0 Å². The Bertz CT molecular complexity index is 644. The lowest BCUT2D eigenvalue weighted by Gasteiger charge is -2.19. The number of carbonyl (C=O) groups is 1. The Morgan fingerprint density at radius 1 is 1.20 bits per heavy atom. The fraction of sp³-hybridized carbons (Fsp3) is 0.133. The Hall–Kier alpha value is -1.33. The topological polar surface area (TPSA) is 46.3 Å². The standard InChI is InChI=1S/C15H14Br2N2O/c1-19(9-10-4-2-3-5-13(10)17)15(20)12-7-6-11(16)8-14(12)18/h2-8H,9,18H2,1H3. The first-order chi connectivity index (χ1) is 9.49. The van der Waals surface area contributed by atoms with Gasteiger partial charge in [0, 0.05) is 28.2 Å². The van der Waals surface area contributed by atoms with Crippen molar-refractivity contribution in [1.82, 2.24) is 4.90 Å². The van der Waals surface area contributed by atoms with E-state index in [0.29, 0.717) is 17.8 Å². The van der Waals surface area contributed by atoms with Crippen LogP contribution in [0.5, 0.6) is 0 Å². The van der Waals surface area contributed by atoms with Crippen molar-refractivity contribution in [3.8, 4) is 0 Å². The fourth-order valence-electron chi connectivity index (χ4n) is 1.89. The number of anilines is 1. The molecule has 2 aromatic rings. The highest BCUT2D eigenvalue weighted by Gasteiger charge is 2.15. The predicted molar refractivity (Wildman–Crippen MR) is 88.5 cm³/mol. The Morgan fingerprint density at radius 3 is 2.55 bits per heavy atom. The minimum atomic E-state index is -0.0919. The Kier molecular flexibility index (Phi) is 4.83. The lowest BCUT2D eigenvalue weighted by Crippen LogP contribution is -2.27. The zero-order chi connectivity index (χ0) is 14.7. The molecular formula is C15H14Br2N2O. The molecule has 3 nitrogen and oxygen atoms in total. The van der Waals surface area contributed by atoms with Crippen molar-refractivity contribution in [2.75, 3.05) is 12.8 Å². The molecule has 0 spiro atoms. The maximum Gasteiger partial charge on any atom is 0.255 e. The first-order valence-corrected chi connectivity index (χ1v) is 7.61. The van der Waals surface area contributed by atoms with Crippen LogP contribution in [0.4, 0.5) is 5.69 Å². The van der Waals surface area contributed by atoms with Crippen molar-refractivity contribution in [2.24, 2.45) is 0 Å². The van der Waals surface area contributed by atoms with E-state index in [0.717, 1.165) is 14.5 Å². The number of benzene rings is 2. The Morgan fingerprint density at radius 2 is 1.90 bits per heavy atom. The molecule has 0 aliphatic carbocycles. The van der Waals surface area contributed by atoms with Gasteiger partial charge >= 0.3 is 0 Å². The van der Waals surface area contributed by atoms with Crippen LogP contribution >= 0.6 is 31.9 Å². The van der Waals surface area contributed by atoms with Gasteiger partial charge in [0.1, 0.15) is 0 Å². The van der Waals surface area contributed by atoms with Crippen molar-refractivity contribution >= 4 is 43.5 Å². The molecular weight excluding hydrogens is 384 g/mol. The van der Waals surface area contributed by atoms with Crippen LogP contribution in [-0.2, 0) is 6.54 Å². The van der Waals surface area contributed by atoms with Gasteiger partial charge in [-0.15, -0.1) is 0 Å². The molecule has 104 valence electrons. The summed E-state index contributed by atoms with van der Waals surface area (Å²) >= 11 is 6.82. The average Bonchev–Trinajstić information content (AvgIpc) is 2.40.